The van der Waals surface area contributed by atoms with Crippen molar-refractivity contribution in [2.75, 3.05) is 20.1 Å². The lowest BCUT2D eigenvalue weighted by molar-refractivity contribution is -0.121. The van der Waals surface area contributed by atoms with Gasteiger partial charge in [-0.15, -0.1) is 0 Å². The fraction of sp³-hybridized carbons (Fsp3) is 0.417. The number of aromatic hydroxyl groups is 1. The Balaban J connectivity index is 2.67. The van der Waals surface area contributed by atoms with E-state index in [0.717, 1.165) is 12.1 Å². The SMILES string of the molecule is CCN(CC(=O)NC)Cc1ccc(O)c(Br)c1. The molecule has 0 spiro atoms. The maximum absolute atomic E-state index is 11.3. The fourth-order valence-corrected chi connectivity index (χ4v) is 1.89. The van der Waals surface area contributed by atoms with Crippen LogP contribution < -0.4 is 5.32 Å². The van der Waals surface area contributed by atoms with Gasteiger partial charge in [0.25, 0.3) is 0 Å². The molecule has 0 bridgehead atoms. The van der Waals surface area contributed by atoms with Gasteiger partial charge in [0.15, 0.2) is 0 Å². The highest BCUT2D eigenvalue weighted by Crippen LogP contribution is 2.24. The standard InChI is InChI=1S/C12H17BrN2O2/c1-3-15(8-12(17)14-2)7-9-4-5-11(16)10(13)6-9/h4-6,16H,3,7-8H2,1-2H3,(H,14,17). The van der Waals surface area contributed by atoms with Crippen molar-refractivity contribution in [3.05, 3.63) is 28.2 Å². The second-order valence-corrected chi connectivity index (χ2v) is 4.62. The van der Waals surface area contributed by atoms with E-state index in [2.05, 4.69) is 21.2 Å². The van der Waals surface area contributed by atoms with E-state index in [0.29, 0.717) is 17.6 Å². The molecule has 0 atom stereocenters. The Kier molecular flexibility index (Phi) is 5.44. The number of carbonyl (C=O) groups is 1. The van der Waals surface area contributed by atoms with Gasteiger partial charge < -0.3 is 10.4 Å². The lowest BCUT2D eigenvalue weighted by Crippen LogP contribution is -2.35. The van der Waals surface area contributed by atoms with E-state index >= 15 is 0 Å². The summed E-state index contributed by atoms with van der Waals surface area (Å²) in [5.41, 5.74) is 1.06. The molecule has 0 aliphatic heterocycles. The number of carbonyl (C=O) groups excluding carboxylic acids is 1. The quantitative estimate of drug-likeness (QED) is 0.871. The summed E-state index contributed by atoms with van der Waals surface area (Å²) in [6, 6.07) is 5.36. The van der Waals surface area contributed by atoms with Gasteiger partial charge in [-0.3, -0.25) is 9.69 Å². The number of nitrogens with one attached hydrogen (secondary N) is 1. The lowest BCUT2D eigenvalue weighted by Gasteiger charge is -2.19. The van der Waals surface area contributed by atoms with E-state index in [4.69, 9.17) is 0 Å². The normalized spacial score (nSPS) is 10.6. The second kappa shape index (κ2) is 6.61. The van der Waals surface area contributed by atoms with Crippen LogP contribution in [0.2, 0.25) is 0 Å². The minimum atomic E-state index is 0.00435. The average molecular weight is 301 g/mol. The Morgan fingerprint density at radius 3 is 2.76 bits per heavy atom. The molecule has 1 aromatic rings. The van der Waals surface area contributed by atoms with Crippen molar-refractivity contribution in [1.29, 1.82) is 0 Å². The van der Waals surface area contributed by atoms with Gasteiger partial charge in [-0.05, 0) is 40.2 Å². The number of hydrogen-bond acceptors (Lipinski definition) is 3. The van der Waals surface area contributed by atoms with Gasteiger partial charge in [0.1, 0.15) is 5.75 Å². The van der Waals surface area contributed by atoms with Crippen LogP contribution in [-0.4, -0.2) is 36.1 Å². The summed E-state index contributed by atoms with van der Waals surface area (Å²) in [5, 5.41) is 12.0. The van der Waals surface area contributed by atoms with Crippen LogP contribution in [0, 0.1) is 0 Å². The first kappa shape index (κ1) is 14.0. The van der Waals surface area contributed by atoms with Gasteiger partial charge in [-0.2, -0.15) is 0 Å². The zero-order valence-electron chi connectivity index (χ0n) is 10.0. The van der Waals surface area contributed by atoms with E-state index in [-0.39, 0.29) is 11.7 Å². The molecular formula is C12H17BrN2O2. The number of rotatable bonds is 5. The van der Waals surface area contributed by atoms with Gasteiger partial charge in [0.05, 0.1) is 11.0 Å². The smallest absolute Gasteiger partial charge is 0.233 e. The van der Waals surface area contributed by atoms with Crippen molar-refractivity contribution in [2.24, 2.45) is 0 Å². The zero-order valence-corrected chi connectivity index (χ0v) is 11.6. The van der Waals surface area contributed by atoms with Gasteiger partial charge in [-0.25, -0.2) is 0 Å². The Labute approximate surface area is 110 Å². The molecule has 0 aromatic heterocycles. The molecule has 4 nitrogen and oxygen atoms in total. The summed E-state index contributed by atoms with van der Waals surface area (Å²) in [5.74, 6) is 0.229. The number of benzene rings is 1. The van der Waals surface area contributed by atoms with E-state index in [1.165, 1.54) is 0 Å². The van der Waals surface area contributed by atoms with Gasteiger partial charge in [-0.1, -0.05) is 13.0 Å². The van der Waals surface area contributed by atoms with E-state index in [9.17, 15) is 9.90 Å². The van der Waals surface area contributed by atoms with Crippen molar-refractivity contribution in [1.82, 2.24) is 10.2 Å². The average Bonchev–Trinajstić information content (AvgIpc) is 2.32. The van der Waals surface area contributed by atoms with Crippen molar-refractivity contribution in [3.63, 3.8) is 0 Å². The molecule has 17 heavy (non-hydrogen) atoms. The summed E-state index contributed by atoms with van der Waals surface area (Å²) in [6.45, 7) is 3.87. The maximum Gasteiger partial charge on any atom is 0.233 e. The molecule has 0 heterocycles. The van der Waals surface area contributed by atoms with Crippen LogP contribution >= 0.6 is 15.9 Å². The molecule has 1 amide bonds. The molecule has 94 valence electrons. The molecule has 0 unspecified atom stereocenters. The van der Waals surface area contributed by atoms with Gasteiger partial charge in [0.2, 0.25) is 5.91 Å². The van der Waals surface area contributed by atoms with Crippen LogP contribution in [0.1, 0.15) is 12.5 Å². The molecule has 0 saturated carbocycles. The highest BCUT2D eigenvalue weighted by atomic mass is 79.9. The Morgan fingerprint density at radius 1 is 1.53 bits per heavy atom. The van der Waals surface area contributed by atoms with Crippen LogP contribution in [-0.2, 0) is 11.3 Å². The summed E-state index contributed by atoms with van der Waals surface area (Å²) < 4.78 is 0.672. The van der Waals surface area contributed by atoms with Gasteiger partial charge >= 0.3 is 0 Å². The monoisotopic (exact) mass is 300 g/mol. The minimum absolute atomic E-state index is 0.00435. The van der Waals surface area contributed by atoms with Crippen LogP contribution in [0.15, 0.2) is 22.7 Å². The third kappa shape index (κ3) is 4.36. The van der Waals surface area contributed by atoms with Crippen molar-refractivity contribution < 1.29 is 9.90 Å². The second-order valence-electron chi connectivity index (χ2n) is 3.76. The number of nitrogens with zero attached hydrogens (tertiary/aromatic N) is 1. The van der Waals surface area contributed by atoms with Crippen LogP contribution in [0.5, 0.6) is 5.75 Å². The van der Waals surface area contributed by atoms with Crippen molar-refractivity contribution in [3.8, 4) is 5.75 Å². The topological polar surface area (TPSA) is 52.6 Å². The summed E-state index contributed by atoms with van der Waals surface area (Å²) >= 11 is 3.27. The Hall–Kier alpha value is -1.07. The first-order chi connectivity index (χ1) is 8.06. The predicted molar refractivity (Wildman–Crippen MR) is 70.8 cm³/mol. The molecule has 5 heteroatoms. The molecule has 1 rings (SSSR count). The highest BCUT2D eigenvalue weighted by molar-refractivity contribution is 9.10. The van der Waals surface area contributed by atoms with E-state index in [1.54, 1.807) is 13.1 Å². The molecule has 2 N–H and O–H groups in total. The largest absolute Gasteiger partial charge is 0.507 e. The van der Waals surface area contributed by atoms with Crippen molar-refractivity contribution >= 4 is 21.8 Å². The first-order valence-corrected chi connectivity index (χ1v) is 6.26. The van der Waals surface area contributed by atoms with E-state index in [1.807, 2.05) is 24.0 Å². The predicted octanol–water partition coefficient (Wildman–Crippen LogP) is 1.72. The third-order valence-corrected chi connectivity index (χ3v) is 3.15. The summed E-state index contributed by atoms with van der Waals surface area (Å²) in [6.07, 6.45) is 0. The molecule has 0 fully saturated rings. The number of phenols is 1. The number of likely N-dealkylation sites (N-methyl/N-ethyl adjacent to an activating group) is 2. The summed E-state index contributed by atoms with van der Waals surface area (Å²) in [7, 11) is 1.63. The number of halogens is 1. The molecule has 0 saturated heterocycles. The maximum atomic E-state index is 11.3. The number of amides is 1. The Morgan fingerprint density at radius 2 is 2.24 bits per heavy atom. The number of phenolic OH excluding ortho intramolecular Hbond substituents is 1. The van der Waals surface area contributed by atoms with Crippen LogP contribution in [0.3, 0.4) is 0 Å². The Bertz CT molecular complexity index is 396. The highest BCUT2D eigenvalue weighted by Gasteiger charge is 2.09. The van der Waals surface area contributed by atoms with Crippen molar-refractivity contribution in [2.45, 2.75) is 13.5 Å². The van der Waals surface area contributed by atoms with Crippen LogP contribution in [0.4, 0.5) is 0 Å². The number of hydrogen-bond donors (Lipinski definition) is 2. The molecule has 1 aromatic carbocycles. The zero-order chi connectivity index (χ0) is 12.8. The van der Waals surface area contributed by atoms with E-state index < -0.39 is 0 Å². The molecule has 0 aliphatic rings. The summed E-state index contributed by atoms with van der Waals surface area (Å²) in [4.78, 5) is 13.3. The van der Waals surface area contributed by atoms with Gasteiger partial charge in [0, 0.05) is 13.6 Å². The van der Waals surface area contributed by atoms with Crippen LogP contribution in [0.25, 0.3) is 0 Å². The molecule has 0 aliphatic carbocycles. The third-order valence-electron chi connectivity index (χ3n) is 2.51. The fourth-order valence-electron chi connectivity index (χ4n) is 1.47. The first-order valence-electron chi connectivity index (χ1n) is 5.47. The minimum Gasteiger partial charge on any atom is -0.507 e. The molecular weight excluding hydrogens is 284 g/mol. The lowest BCUT2D eigenvalue weighted by atomic mass is 10.2. The molecule has 0 radical (unpaired) electrons.